The Labute approximate surface area is 136 Å². The molecule has 0 saturated carbocycles. The number of rotatable bonds is 6. The largest absolute Gasteiger partial charge is 0.296 e. The summed E-state index contributed by atoms with van der Waals surface area (Å²) in [5, 5.41) is 6.45. The molecule has 1 aliphatic heterocycles. The third-order valence-corrected chi connectivity index (χ3v) is 5.90. The molecule has 0 spiro atoms. The summed E-state index contributed by atoms with van der Waals surface area (Å²) < 4.78 is 23.8. The van der Waals surface area contributed by atoms with Crippen molar-refractivity contribution in [2.45, 2.75) is 37.2 Å². The molecule has 1 saturated heterocycles. The van der Waals surface area contributed by atoms with Gasteiger partial charge in [-0.15, -0.1) is 0 Å². The van der Waals surface area contributed by atoms with E-state index in [1.165, 1.54) is 4.31 Å². The molecule has 124 valence electrons. The normalized spacial score (nSPS) is 19.2. The molecule has 1 aromatic heterocycles. The molecule has 7 nitrogen and oxygen atoms in total. The van der Waals surface area contributed by atoms with Crippen LogP contribution in [0.25, 0.3) is 0 Å². The first-order chi connectivity index (χ1) is 10.4. The number of piperazine rings is 1. The molecular formula is C13H23N5O2S2. The maximum Gasteiger partial charge on any atom is 0.276 e. The first kappa shape index (κ1) is 17.6. The molecule has 0 aliphatic carbocycles. The van der Waals surface area contributed by atoms with Crippen molar-refractivity contribution in [3.8, 4) is 0 Å². The van der Waals surface area contributed by atoms with Gasteiger partial charge in [-0.05, 0) is 6.42 Å². The van der Waals surface area contributed by atoms with Gasteiger partial charge < -0.3 is 0 Å². The summed E-state index contributed by atoms with van der Waals surface area (Å²) >= 11 is 1.68. The first-order valence-corrected chi connectivity index (χ1v) is 9.74. The maximum atomic E-state index is 11.3. The molecule has 0 unspecified atom stereocenters. The van der Waals surface area contributed by atoms with Gasteiger partial charge in [0.2, 0.25) is 0 Å². The molecule has 0 radical (unpaired) electrons. The average molecular weight is 345 g/mol. The Hall–Kier alpha value is -0.740. The third-order valence-electron chi connectivity index (χ3n) is 3.66. The van der Waals surface area contributed by atoms with Crippen molar-refractivity contribution in [3.05, 3.63) is 18.0 Å². The fraction of sp³-hybridized carbons (Fsp3) is 0.692. The summed E-state index contributed by atoms with van der Waals surface area (Å²) in [6, 6.07) is 0. The fourth-order valence-electron chi connectivity index (χ4n) is 2.15. The molecule has 0 bridgehead atoms. The second kappa shape index (κ2) is 7.69. The molecular weight excluding hydrogens is 322 g/mol. The van der Waals surface area contributed by atoms with Crippen molar-refractivity contribution >= 4 is 22.0 Å². The van der Waals surface area contributed by atoms with Crippen LogP contribution in [0.3, 0.4) is 0 Å². The number of nitrogens with zero attached hydrogens (tertiary/aromatic N) is 4. The van der Waals surface area contributed by atoms with Gasteiger partial charge >= 0.3 is 0 Å². The van der Waals surface area contributed by atoms with Crippen molar-refractivity contribution in [2.24, 2.45) is 5.14 Å². The number of hydrogen-bond donors (Lipinski definition) is 1. The Morgan fingerprint density at radius 2 is 1.86 bits per heavy atom. The Morgan fingerprint density at radius 1 is 1.27 bits per heavy atom. The highest BCUT2D eigenvalue weighted by atomic mass is 32.2. The first-order valence-electron chi connectivity index (χ1n) is 7.36. The lowest BCUT2D eigenvalue weighted by atomic mass is 10.3. The zero-order valence-corrected chi connectivity index (χ0v) is 14.6. The van der Waals surface area contributed by atoms with E-state index < -0.39 is 10.2 Å². The van der Waals surface area contributed by atoms with Gasteiger partial charge in [-0.3, -0.25) is 4.90 Å². The molecule has 2 heterocycles. The molecule has 1 fully saturated rings. The van der Waals surface area contributed by atoms with E-state index in [2.05, 4.69) is 28.7 Å². The summed E-state index contributed by atoms with van der Waals surface area (Å²) in [6.45, 7) is 7.23. The van der Waals surface area contributed by atoms with E-state index in [1.807, 2.05) is 12.4 Å². The van der Waals surface area contributed by atoms with Crippen LogP contribution in [0.15, 0.2) is 17.6 Å². The lowest BCUT2D eigenvalue weighted by molar-refractivity contribution is 0.181. The van der Waals surface area contributed by atoms with E-state index in [0.717, 1.165) is 23.7 Å². The third kappa shape index (κ3) is 5.17. The fourth-order valence-corrected chi connectivity index (χ4v) is 3.57. The Bertz CT molecular complexity index is 571. The van der Waals surface area contributed by atoms with Gasteiger partial charge in [0, 0.05) is 55.9 Å². The summed E-state index contributed by atoms with van der Waals surface area (Å²) in [5.41, 5.74) is 1.04. The van der Waals surface area contributed by atoms with Gasteiger partial charge in [0.25, 0.3) is 10.2 Å². The highest BCUT2D eigenvalue weighted by Crippen LogP contribution is 2.21. The predicted molar refractivity (Wildman–Crippen MR) is 87.6 cm³/mol. The van der Waals surface area contributed by atoms with Gasteiger partial charge in [-0.25, -0.2) is 15.1 Å². The van der Waals surface area contributed by atoms with E-state index in [-0.39, 0.29) is 0 Å². The van der Waals surface area contributed by atoms with E-state index in [0.29, 0.717) is 31.4 Å². The van der Waals surface area contributed by atoms with Crippen LogP contribution in [-0.4, -0.2) is 59.0 Å². The van der Waals surface area contributed by atoms with Crippen LogP contribution in [0.1, 0.15) is 25.8 Å². The number of hydrogen-bond acceptors (Lipinski definition) is 6. The minimum absolute atomic E-state index is 0.432. The zero-order valence-electron chi connectivity index (χ0n) is 13.0. The topological polar surface area (TPSA) is 92.4 Å². The molecule has 1 aliphatic rings. The Morgan fingerprint density at radius 3 is 2.36 bits per heavy atom. The lowest BCUT2D eigenvalue weighted by Gasteiger charge is -2.32. The average Bonchev–Trinajstić information content (AvgIpc) is 2.49. The number of aromatic nitrogens is 2. The van der Waals surface area contributed by atoms with Crippen molar-refractivity contribution in [1.29, 1.82) is 0 Å². The maximum absolute atomic E-state index is 11.3. The van der Waals surface area contributed by atoms with Crippen LogP contribution in [0, 0.1) is 0 Å². The second-order valence-electron chi connectivity index (χ2n) is 5.43. The van der Waals surface area contributed by atoms with Gasteiger partial charge in [0.15, 0.2) is 5.16 Å². The van der Waals surface area contributed by atoms with Gasteiger partial charge in [0.1, 0.15) is 0 Å². The highest BCUT2D eigenvalue weighted by molar-refractivity contribution is 7.99. The Balaban J connectivity index is 1.85. The monoisotopic (exact) mass is 345 g/mol. The number of nitrogens with two attached hydrogens (primary N) is 1. The molecule has 2 rings (SSSR count). The molecule has 0 amide bonds. The lowest BCUT2D eigenvalue weighted by Crippen LogP contribution is -2.50. The van der Waals surface area contributed by atoms with Crippen LogP contribution in [0.2, 0.25) is 0 Å². The van der Waals surface area contributed by atoms with Crippen LogP contribution in [0.5, 0.6) is 0 Å². The zero-order chi connectivity index (χ0) is 16.2. The van der Waals surface area contributed by atoms with Crippen LogP contribution < -0.4 is 5.14 Å². The molecule has 2 N–H and O–H groups in total. The highest BCUT2D eigenvalue weighted by Gasteiger charge is 2.23. The summed E-state index contributed by atoms with van der Waals surface area (Å²) in [4.78, 5) is 11.0. The van der Waals surface area contributed by atoms with Gasteiger partial charge in [0.05, 0.1) is 0 Å². The minimum atomic E-state index is -3.56. The standard InChI is InChI=1S/C13H23N5O2S2/c1-3-11(2)21-13-15-8-12(9-16-13)10-17-4-6-18(7-5-17)22(14,19)20/h8-9,11H,3-7,10H2,1-2H3,(H2,14,19,20)/t11-/m0/s1. The van der Waals surface area contributed by atoms with Crippen LogP contribution in [0.4, 0.5) is 0 Å². The quantitative estimate of drug-likeness (QED) is 0.602. The molecule has 0 aromatic carbocycles. The molecule has 22 heavy (non-hydrogen) atoms. The second-order valence-corrected chi connectivity index (χ2v) is 8.38. The van der Waals surface area contributed by atoms with Crippen molar-refractivity contribution in [2.75, 3.05) is 26.2 Å². The van der Waals surface area contributed by atoms with Crippen molar-refractivity contribution in [1.82, 2.24) is 19.2 Å². The summed E-state index contributed by atoms with van der Waals surface area (Å²) in [7, 11) is -3.56. The summed E-state index contributed by atoms with van der Waals surface area (Å²) in [5.74, 6) is 0. The molecule has 9 heteroatoms. The molecule has 1 aromatic rings. The van der Waals surface area contributed by atoms with E-state index in [1.54, 1.807) is 11.8 Å². The van der Waals surface area contributed by atoms with Crippen LogP contribution >= 0.6 is 11.8 Å². The van der Waals surface area contributed by atoms with Crippen molar-refractivity contribution in [3.63, 3.8) is 0 Å². The van der Waals surface area contributed by atoms with Crippen molar-refractivity contribution < 1.29 is 8.42 Å². The number of thioether (sulfide) groups is 1. The van der Waals surface area contributed by atoms with Crippen LogP contribution in [-0.2, 0) is 16.8 Å². The molecule has 1 atom stereocenters. The minimum Gasteiger partial charge on any atom is -0.296 e. The Kier molecular flexibility index (Phi) is 6.16. The SMILES string of the molecule is CC[C@H](C)Sc1ncc(CN2CCN(S(N)(=O)=O)CC2)cn1. The van der Waals surface area contributed by atoms with E-state index in [4.69, 9.17) is 5.14 Å². The summed E-state index contributed by atoms with van der Waals surface area (Å²) in [6.07, 6.45) is 4.79. The van der Waals surface area contributed by atoms with E-state index in [9.17, 15) is 8.42 Å². The van der Waals surface area contributed by atoms with E-state index >= 15 is 0 Å². The van der Waals surface area contributed by atoms with Gasteiger partial charge in [-0.1, -0.05) is 25.6 Å². The predicted octanol–water partition coefficient (Wildman–Crippen LogP) is 0.688. The smallest absolute Gasteiger partial charge is 0.276 e. The van der Waals surface area contributed by atoms with Gasteiger partial charge in [-0.2, -0.15) is 12.7 Å².